The lowest BCUT2D eigenvalue weighted by Gasteiger charge is -2.32. The normalized spacial score (nSPS) is 17.4. The third kappa shape index (κ3) is 4.80. The molecule has 0 spiro atoms. The zero-order chi connectivity index (χ0) is 18.4. The first-order valence-corrected chi connectivity index (χ1v) is 8.88. The molecule has 26 heavy (non-hydrogen) atoms. The van der Waals surface area contributed by atoms with Crippen LogP contribution < -0.4 is 5.32 Å². The van der Waals surface area contributed by atoms with Crippen LogP contribution >= 0.6 is 0 Å². The number of carboxylic acid groups (broad SMARTS) is 1. The number of benzene rings is 1. The summed E-state index contributed by atoms with van der Waals surface area (Å²) in [4.78, 5) is 15.3. The molecule has 6 nitrogen and oxygen atoms in total. The predicted molar refractivity (Wildman–Crippen MR) is 98.4 cm³/mol. The molecule has 2 N–H and O–H groups in total. The molecule has 2 unspecified atom stereocenters. The van der Waals surface area contributed by atoms with Crippen LogP contribution in [-0.4, -0.2) is 41.4 Å². The summed E-state index contributed by atoms with van der Waals surface area (Å²) in [7, 11) is 0. The van der Waals surface area contributed by atoms with Crippen LogP contribution in [0.25, 0.3) is 0 Å². The van der Waals surface area contributed by atoms with Gasteiger partial charge in [0.25, 0.3) is 0 Å². The van der Waals surface area contributed by atoms with Crippen molar-refractivity contribution in [3.8, 4) is 0 Å². The summed E-state index contributed by atoms with van der Waals surface area (Å²) in [5, 5.41) is 12.4. The Morgan fingerprint density at radius 3 is 2.62 bits per heavy atom. The van der Waals surface area contributed by atoms with Crippen molar-refractivity contribution in [3.63, 3.8) is 0 Å². The van der Waals surface area contributed by atoms with Crippen LogP contribution in [0, 0.1) is 0 Å². The van der Waals surface area contributed by atoms with Gasteiger partial charge in [-0.3, -0.25) is 0 Å². The van der Waals surface area contributed by atoms with Crippen LogP contribution in [0.5, 0.6) is 0 Å². The Hall–Kier alpha value is -2.44. The van der Waals surface area contributed by atoms with Gasteiger partial charge in [-0.1, -0.05) is 36.4 Å². The Labute approximate surface area is 153 Å². The Balaban J connectivity index is 1.76. The van der Waals surface area contributed by atoms with Gasteiger partial charge in [0.15, 0.2) is 5.69 Å². The molecular formula is C20H24N2O4. The van der Waals surface area contributed by atoms with Gasteiger partial charge in [0.1, 0.15) is 11.9 Å². The minimum atomic E-state index is -1.04. The number of pyridine rings is 1. The average molecular weight is 356 g/mol. The fraction of sp³-hybridized carbons (Fsp3) is 0.400. The molecule has 2 heterocycles. The Morgan fingerprint density at radius 2 is 1.92 bits per heavy atom. The van der Waals surface area contributed by atoms with E-state index in [2.05, 4.69) is 10.3 Å². The number of nitrogens with one attached hydrogen (secondary N) is 1. The maximum atomic E-state index is 11.1. The molecule has 3 rings (SSSR count). The van der Waals surface area contributed by atoms with Gasteiger partial charge in [-0.2, -0.15) is 0 Å². The van der Waals surface area contributed by atoms with Crippen molar-refractivity contribution >= 4 is 11.8 Å². The summed E-state index contributed by atoms with van der Waals surface area (Å²) in [5.74, 6) is -0.520. The molecule has 0 saturated carbocycles. The van der Waals surface area contributed by atoms with Crippen LogP contribution in [0.1, 0.15) is 41.9 Å². The van der Waals surface area contributed by atoms with Crippen LogP contribution in [0.15, 0.2) is 48.5 Å². The molecule has 1 fully saturated rings. The van der Waals surface area contributed by atoms with Gasteiger partial charge >= 0.3 is 5.97 Å². The van der Waals surface area contributed by atoms with E-state index in [1.54, 1.807) is 12.1 Å². The Morgan fingerprint density at radius 1 is 1.19 bits per heavy atom. The van der Waals surface area contributed by atoms with E-state index < -0.39 is 5.97 Å². The number of anilines is 1. The third-order valence-corrected chi connectivity index (χ3v) is 4.43. The van der Waals surface area contributed by atoms with Gasteiger partial charge in [0.2, 0.25) is 0 Å². The number of aromatic nitrogens is 1. The first-order chi connectivity index (χ1) is 12.6. The molecule has 1 aromatic heterocycles. The number of nitrogens with zero attached hydrogens (tertiary/aromatic N) is 1. The predicted octanol–water partition coefficient (Wildman–Crippen LogP) is 3.52. The van der Waals surface area contributed by atoms with E-state index in [0.717, 1.165) is 31.6 Å². The minimum absolute atomic E-state index is 0.0174. The second-order valence-electron chi connectivity index (χ2n) is 6.43. The van der Waals surface area contributed by atoms with Gasteiger partial charge in [-0.05, 0) is 37.5 Å². The van der Waals surface area contributed by atoms with Crippen LogP contribution in [-0.2, 0) is 9.47 Å². The summed E-state index contributed by atoms with van der Waals surface area (Å²) < 4.78 is 11.8. The number of carboxylic acids is 1. The molecule has 1 aromatic carbocycles. The molecule has 0 aliphatic carbocycles. The van der Waals surface area contributed by atoms with Crippen LogP contribution in [0.2, 0.25) is 0 Å². The molecule has 2 atom stereocenters. The first kappa shape index (κ1) is 18.4. The van der Waals surface area contributed by atoms with E-state index in [1.807, 2.05) is 37.3 Å². The number of carbonyl (C=O) groups is 1. The van der Waals surface area contributed by atoms with E-state index >= 15 is 0 Å². The van der Waals surface area contributed by atoms with Crippen molar-refractivity contribution in [1.82, 2.24) is 4.98 Å². The third-order valence-electron chi connectivity index (χ3n) is 4.43. The van der Waals surface area contributed by atoms with Crippen LogP contribution in [0.4, 0.5) is 5.82 Å². The molecule has 138 valence electrons. The summed E-state index contributed by atoms with van der Waals surface area (Å²) in [5.41, 5.74) is 1.09. The number of rotatable bonds is 7. The molecule has 0 radical (unpaired) electrons. The van der Waals surface area contributed by atoms with E-state index in [1.165, 1.54) is 6.07 Å². The lowest BCUT2D eigenvalue weighted by atomic mass is 10.0. The van der Waals surface area contributed by atoms with Crippen molar-refractivity contribution in [1.29, 1.82) is 0 Å². The zero-order valence-electron chi connectivity index (χ0n) is 14.8. The molecular weight excluding hydrogens is 332 g/mol. The number of hydrogen-bond donors (Lipinski definition) is 2. The van der Waals surface area contributed by atoms with E-state index in [0.29, 0.717) is 5.82 Å². The highest BCUT2D eigenvalue weighted by atomic mass is 16.5. The minimum Gasteiger partial charge on any atom is -0.477 e. The zero-order valence-corrected chi connectivity index (χ0v) is 14.8. The van der Waals surface area contributed by atoms with Crippen LogP contribution in [0.3, 0.4) is 0 Å². The molecule has 2 aromatic rings. The van der Waals surface area contributed by atoms with Crippen molar-refractivity contribution in [2.24, 2.45) is 0 Å². The van der Waals surface area contributed by atoms with E-state index in [4.69, 9.17) is 14.6 Å². The fourth-order valence-corrected chi connectivity index (χ4v) is 3.09. The first-order valence-electron chi connectivity index (χ1n) is 8.88. The highest BCUT2D eigenvalue weighted by molar-refractivity contribution is 5.85. The molecule has 6 heteroatoms. The maximum absolute atomic E-state index is 11.1. The Bertz CT molecular complexity index is 717. The van der Waals surface area contributed by atoms with E-state index in [9.17, 15) is 4.79 Å². The molecule has 1 aliphatic rings. The largest absolute Gasteiger partial charge is 0.477 e. The maximum Gasteiger partial charge on any atom is 0.354 e. The van der Waals surface area contributed by atoms with Crippen molar-refractivity contribution in [2.75, 3.05) is 18.5 Å². The lowest BCUT2D eigenvalue weighted by Crippen LogP contribution is -2.33. The molecule has 0 amide bonds. The fourth-order valence-electron chi connectivity index (χ4n) is 3.09. The SMILES string of the molecule is CC(Nc1cccc(C(=O)O)n1)C(OC1CCOCC1)c1ccccc1. The number of ether oxygens (including phenoxy) is 2. The smallest absolute Gasteiger partial charge is 0.354 e. The number of hydrogen-bond acceptors (Lipinski definition) is 5. The second-order valence-corrected chi connectivity index (χ2v) is 6.43. The van der Waals surface area contributed by atoms with Gasteiger partial charge in [0.05, 0.1) is 12.1 Å². The number of aromatic carboxylic acids is 1. The summed E-state index contributed by atoms with van der Waals surface area (Å²) in [6.45, 7) is 3.46. The summed E-state index contributed by atoms with van der Waals surface area (Å²) in [6.07, 6.45) is 1.73. The summed E-state index contributed by atoms with van der Waals surface area (Å²) in [6, 6.07) is 14.9. The van der Waals surface area contributed by atoms with E-state index in [-0.39, 0.29) is 23.9 Å². The van der Waals surface area contributed by atoms with Gasteiger partial charge < -0.3 is 19.9 Å². The highest BCUT2D eigenvalue weighted by Gasteiger charge is 2.26. The Kier molecular flexibility index (Phi) is 6.20. The van der Waals surface area contributed by atoms with Crippen molar-refractivity contribution < 1.29 is 19.4 Å². The quantitative estimate of drug-likeness (QED) is 0.790. The molecule has 1 saturated heterocycles. The highest BCUT2D eigenvalue weighted by Crippen LogP contribution is 2.28. The summed E-state index contributed by atoms with van der Waals surface area (Å²) >= 11 is 0. The monoisotopic (exact) mass is 356 g/mol. The topological polar surface area (TPSA) is 80.7 Å². The average Bonchev–Trinajstić information content (AvgIpc) is 2.67. The van der Waals surface area contributed by atoms with Gasteiger partial charge in [-0.25, -0.2) is 9.78 Å². The lowest BCUT2D eigenvalue weighted by molar-refractivity contribution is -0.0739. The van der Waals surface area contributed by atoms with Gasteiger partial charge in [0, 0.05) is 13.2 Å². The van der Waals surface area contributed by atoms with Crippen molar-refractivity contribution in [3.05, 3.63) is 59.8 Å². The van der Waals surface area contributed by atoms with Gasteiger partial charge in [-0.15, -0.1) is 0 Å². The molecule has 0 bridgehead atoms. The molecule has 1 aliphatic heterocycles. The second kappa shape index (κ2) is 8.78. The van der Waals surface area contributed by atoms with Crippen molar-refractivity contribution in [2.45, 2.75) is 38.0 Å². The standard InChI is InChI=1S/C20H24N2O4/c1-14(21-18-9-5-8-17(22-18)20(23)24)19(15-6-3-2-4-7-15)26-16-10-12-25-13-11-16/h2-9,14,16,19H,10-13H2,1H3,(H,21,22)(H,23,24).